The van der Waals surface area contributed by atoms with E-state index in [1.54, 1.807) is 18.2 Å². The van der Waals surface area contributed by atoms with Gasteiger partial charge in [-0.3, -0.25) is 0 Å². The summed E-state index contributed by atoms with van der Waals surface area (Å²) in [5, 5.41) is 0. The van der Waals surface area contributed by atoms with Gasteiger partial charge in [0.15, 0.2) is 24.8 Å². The van der Waals surface area contributed by atoms with Crippen molar-refractivity contribution in [3.63, 3.8) is 0 Å². The first-order chi connectivity index (χ1) is 56.2. The van der Waals surface area contributed by atoms with Gasteiger partial charge in [0.05, 0.1) is 0 Å². The fourth-order valence-electron chi connectivity index (χ4n) is 14.0. The second-order valence-corrected chi connectivity index (χ2v) is 29.3. The van der Waals surface area contributed by atoms with Crippen LogP contribution in [0.1, 0.15) is 189 Å². The Bertz CT molecular complexity index is 5670. The Kier molecular flexibility index (Phi) is 18.2. The summed E-state index contributed by atoms with van der Waals surface area (Å²) in [6, 6.07) is 67.3. The van der Waals surface area contributed by atoms with Crippen molar-refractivity contribution in [3.05, 3.63) is 309 Å². The van der Waals surface area contributed by atoms with E-state index in [2.05, 4.69) is 29.0 Å². The van der Waals surface area contributed by atoms with Crippen LogP contribution in [0, 0.1) is 73.4 Å². The molecule has 0 atom stereocenters. The fraction of sp³-hybridized carbons (Fsp3) is 0.313. The molecule has 1 fully saturated rings. The molecule has 0 spiro atoms. The number of hydrogen-bond acceptors (Lipinski definition) is 0. The van der Waals surface area contributed by atoms with E-state index in [1.807, 2.05) is 319 Å². The maximum Gasteiger partial charge on any atom is 0.212 e. The van der Waals surface area contributed by atoms with E-state index in [0.29, 0.717) is 44.5 Å². The van der Waals surface area contributed by atoms with Crippen molar-refractivity contribution in [3.8, 4) is 89.5 Å². The van der Waals surface area contributed by atoms with Crippen LogP contribution in [-0.4, -0.2) is 0 Å². The lowest BCUT2D eigenvalue weighted by Crippen LogP contribution is -2.32. The molecule has 0 unspecified atom stereocenters. The molecule has 4 heteroatoms. The zero-order valence-electron chi connectivity index (χ0n) is 81.4. The largest absolute Gasteiger partial charge is 0.212 e. The molecule has 1 aliphatic carbocycles. The highest BCUT2D eigenvalue weighted by atomic mass is 14.9. The van der Waals surface area contributed by atoms with Crippen LogP contribution in [0.4, 0.5) is 0 Å². The summed E-state index contributed by atoms with van der Waals surface area (Å²) in [5.74, 6) is -1.33. The molecule has 12 aromatic rings. The second-order valence-electron chi connectivity index (χ2n) is 29.3. The number of nitrogens with zero attached hydrogens (tertiary/aromatic N) is 4. The van der Waals surface area contributed by atoms with Crippen molar-refractivity contribution < 1.29 is 42.9 Å². The van der Waals surface area contributed by atoms with Crippen LogP contribution in [0.2, 0.25) is 0 Å². The molecule has 528 valence electrons. The lowest BCUT2D eigenvalue weighted by molar-refractivity contribution is -0.661. The van der Waals surface area contributed by atoms with Gasteiger partial charge in [-0.25, -0.2) is 18.3 Å². The Balaban J connectivity index is 0.000000169. The monoisotopic (exact) mass is 1380 g/mol. The van der Waals surface area contributed by atoms with Gasteiger partial charge >= 0.3 is 0 Å². The third kappa shape index (κ3) is 19.2. The van der Waals surface area contributed by atoms with E-state index in [1.165, 1.54) is 6.42 Å². The summed E-state index contributed by atoms with van der Waals surface area (Å²) in [5.41, 5.74) is 22.9. The number of aromatic nitrogens is 4. The first kappa shape index (κ1) is 55.0. The van der Waals surface area contributed by atoms with Gasteiger partial charge in [-0.05, 0) is 248 Å². The lowest BCUT2D eigenvalue weighted by atomic mass is 9.84. The fourth-order valence-corrected chi connectivity index (χ4v) is 14.0. The molecule has 4 aromatic heterocycles. The Morgan fingerprint density at radius 3 is 1.06 bits per heavy atom. The molecule has 0 amide bonds. The minimum atomic E-state index is -2.22. The normalized spacial score (nSPS) is 16.0. The van der Waals surface area contributed by atoms with Crippen molar-refractivity contribution in [1.82, 2.24) is 0 Å². The molecule has 0 radical (unpaired) electrons. The molecule has 0 bridgehead atoms. The van der Waals surface area contributed by atoms with Crippen LogP contribution in [0.3, 0.4) is 0 Å². The van der Waals surface area contributed by atoms with Crippen molar-refractivity contribution in [2.24, 2.45) is 39.5 Å². The summed E-state index contributed by atoms with van der Waals surface area (Å²) >= 11 is 0. The molecule has 1 aliphatic rings. The van der Waals surface area contributed by atoms with Crippen molar-refractivity contribution in [2.75, 3.05) is 0 Å². The maximum absolute atomic E-state index is 8.94. The van der Waals surface area contributed by atoms with Gasteiger partial charge in [0, 0.05) is 93.4 Å². The van der Waals surface area contributed by atoms with Gasteiger partial charge in [0.1, 0.15) is 28.2 Å². The summed E-state index contributed by atoms with van der Waals surface area (Å²) in [7, 11) is 7.79. The van der Waals surface area contributed by atoms with E-state index in [4.69, 9.17) is 24.7 Å². The number of benzene rings is 8. The smallest absolute Gasteiger partial charge is 0.201 e. The second kappa shape index (κ2) is 34.1. The first-order valence-electron chi connectivity index (χ1n) is 45.1. The van der Waals surface area contributed by atoms with Crippen LogP contribution in [0.25, 0.3) is 89.5 Å². The molecule has 1 saturated carbocycles. The Morgan fingerprint density at radius 1 is 0.379 bits per heavy atom. The average molecular weight is 1380 g/mol. The third-order valence-electron chi connectivity index (χ3n) is 19.2. The SMILES string of the molecule is [2H]C([2H])([2H])c1cc(C)c(-c2cc(C)c(C([2H])(C)C)c[n+]2C)cc1-c1ccccc1.[2H]C([2H])([2H])c1cc(C)c(-c2ccc(C([2H])([2H])C(C)(C)C)c[n+]2C)cc1-c1ccccc1.[2H]C([2H])([2H])c1cc(C)c(-c2ccc(C([2H])([2H])C(C)C)c[n+]2C)cc1-c1ccccc1.[2H]C([2H])([2H])c1cc(C)c(-c2ccc(C3([2H])CCCCC3)c[n+]2C)cc1-c1ccccc1. The minimum Gasteiger partial charge on any atom is -0.201 e. The van der Waals surface area contributed by atoms with Gasteiger partial charge in [0.25, 0.3) is 0 Å². The first-order valence-corrected chi connectivity index (χ1v) is 36.1. The van der Waals surface area contributed by atoms with Crippen LogP contribution >= 0.6 is 0 Å². The topological polar surface area (TPSA) is 15.5 Å². The van der Waals surface area contributed by atoms with Crippen molar-refractivity contribution in [2.45, 2.75) is 167 Å². The molecule has 103 heavy (non-hydrogen) atoms. The number of rotatable bonds is 13. The molecule has 0 N–H and O–H groups in total. The summed E-state index contributed by atoms with van der Waals surface area (Å²) in [6.45, 7) is 14.2. The zero-order valence-corrected chi connectivity index (χ0v) is 63.4. The minimum absolute atomic E-state index is 0.145. The van der Waals surface area contributed by atoms with Crippen molar-refractivity contribution >= 4 is 0 Å². The van der Waals surface area contributed by atoms with Gasteiger partial charge < -0.3 is 0 Å². The van der Waals surface area contributed by atoms with E-state index >= 15 is 0 Å². The highest BCUT2D eigenvalue weighted by molar-refractivity contribution is 5.79. The number of aryl methyl sites for hydroxylation is 13. The predicted octanol–water partition coefficient (Wildman–Crippen LogP) is 24.1. The molecule has 13 rings (SSSR count). The van der Waals surface area contributed by atoms with Crippen LogP contribution in [0.5, 0.6) is 0 Å². The number of hydrogen-bond donors (Lipinski definition) is 0. The Morgan fingerprint density at radius 2 is 0.718 bits per heavy atom. The molecule has 8 aromatic carbocycles. The van der Waals surface area contributed by atoms with Gasteiger partial charge in [-0.15, -0.1) is 0 Å². The molecule has 0 saturated heterocycles. The maximum atomic E-state index is 8.94. The summed E-state index contributed by atoms with van der Waals surface area (Å²) in [4.78, 5) is 0. The molecular formula is C99H116N4+4. The van der Waals surface area contributed by atoms with Gasteiger partial charge in [0.2, 0.25) is 22.8 Å². The predicted molar refractivity (Wildman–Crippen MR) is 438 cm³/mol. The van der Waals surface area contributed by atoms with E-state index in [-0.39, 0.29) is 5.92 Å². The Labute approximate surface area is 645 Å². The average Bonchev–Trinajstić information content (AvgIpc) is 0.770. The Hall–Kier alpha value is -9.64. The highest BCUT2D eigenvalue weighted by Crippen LogP contribution is 2.38. The quantitative estimate of drug-likeness (QED) is 0.102. The van der Waals surface area contributed by atoms with Gasteiger partial charge in [-0.1, -0.05) is 213 Å². The summed E-state index contributed by atoms with van der Waals surface area (Å²) < 4.78 is 155. The van der Waals surface area contributed by atoms with E-state index in [0.717, 1.165) is 143 Å². The van der Waals surface area contributed by atoms with Crippen LogP contribution < -0.4 is 18.3 Å². The number of pyridine rings is 4. The lowest BCUT2D eigenvalue weighted by Gasteiger charge is -2.21. The summed E-state index contributed by atoms with van der Waals surface area (Å²) in [6.07, 6.45) is 10.1. The highest BCUT2D eigenvalue weighted by Gasteiger charge is 2.25. The van der Waals surface area contributed by atoms with Gasteiger partial charge in [-0.2, -0.15) is 0 Å². The van der Waals surface area contributed by atoms with E-state index in [9.17, 15) is 0 Å². The van der Waals surface area contributed by atoms with Crippen LogP contribution in [0.15, 0.2) is 237 Å². The molecule has 4 heterocycles. The molecule has 4 nitrogen and oxygen atoms in total. The standard InChI is InChI=1S/C26H30N.C25H30N.2C24H28N/c1-19-16-20(2)25(17-24(19)22-12-8-5-9-13-22)26-15-14-23(18-27(26)3)21-10-6-4-7-11-21;1-18-14-19(2)23(15-22(18)21-10-8-7-9-11-21)24-13-12-20(17-26(24)6)16-25(3,4)5;1-16(2)23-15-25(6)24(13-19(23)5)22-14-21(17(3)12-18(22)4)20-10-8-7-9-11-20;1-17(2)13-20-11-12-24(25(5)16-20)23-15-22(18(3)14-19(23)4)21-9-7-6-8-10-21/h5,8-9,12-18,21H,4,6-7,10-11H2,1-3H3;7-15,17H,16H2,1-6H3;7-16H,1-6H3;6-12,14-17H,13H2,1-5H3/q4*+1/i1D3,21D;1D3,16D2;3D3,16D;3D3,13D2. The van der Waals surface area contributed by atoms with E-state index < -0.39 is 57.4 Å². The zero-order chi connectivity index (χ0) is 89.2. The third-order valence-corrected chi connectivity index (χ3v) is 19.2. The van der Waals surface area contributed by atoms with Crippen LogP contribution in [-0.2, 0) is 40.9 Å². The molecular weight excluding hydrogens is 1250 g/mol. The molecule has 0 aliphatic heterocycles. The van der Waals surface area contributed by atoms with Crippen molar-refractivity contribution in [1.29, 1.82) is 0 Å².